The van der Waals surface area contributed by atoms with Gasteiger partial charge >= 0.3 is 0 Å². The highest BCUT2D eigenvalue weighted by Crippen LogP contribution is 2.18. The fourth-order valence-corrected chi connectivity index (χ4v) is 3.18. The highest BCUT2D eigenvalue weighted by molar-refractivity contribution is 5.92. The summed E-state index contributed by atoms with van der Waals surface area (Å²) in [5, 5.41) is 7.73. The van der Waals surface area contributed by atoms with Gasteiger partial charge in [0.1, 0.15) is 5.82 Å². The molecule has 4 heterocycles. The first-order valence-corrected chi connectivity index (χ1v) is 8.77. The van der Waals surface area contributed by atoms with Crippen LogP contribution < -0.4 is 9.80 Å². The van der Waals surface area contributed by atoms with E-state index in [0.29, 0.717) is 32.0 Å². The summed E-state index contributed by atoms with van der Waals surface area (Å²) in [5.41, 5.74) is 0.387. The molecule has 26 heavy (non-hydrogen) atoms. The molecule has 0 radical (unpaired) electrons. The number of carbonyl (C=O) groups is 1. The van der Waals surface area contributed by atoms with Gasteiger partial charge in [-0.15, -0.1) is 5.10 Å². The second-order valence-electron chi connectivity index (χ2n) is 6.37. The minimum absolute atomic E-state index is 0.0746. The van der Waals surface area contributed by atoms with Crippen molar-refractivity contribution >= 4 is 17.7 Å². The number of nitrogens with zero attached hydrogens (tertiary/aromatic N) is 8. The number of carbonyl (C=O) groups excluding carboxylic acids is 1. The van der Waals surface area contributed by atoms with Crippen LogP contribution in [-0.4, -0.2) is 88.3 Å². The van der Waals surface area contributed by atoms with Crippen LogP contribution in [-0.2, 0) is 11.8 Å². The maximum Gasteiger partial charge on any atom is 0.276 e. The number of morpholine rings is 1. The Bertz CT molecular complexity index is 765. The number of ether oxygens (including phenoxy) is 1. The lowest BCUT2D eigenvalue weighted by molar-refractivity contribution is 0.0740. The molecule has 10 heteroatoms. The van der Waals surface area contributed by atoms with E-state index in [1.54, 1.807) is 19.4 Å². The van der Waals surface area contributed by atoms with Crippen LogP contribution in [0.5, 0.6) is 0 Å². The molecule has 0 aromatic carbocycles. The van der Waals surface area contributed by atoms with Crippen molar-refractivity contribution in [1.82, 2.24) is 29.9 Å². The van der Waals surface area contributed by atoms with E-state index in [-0.39, 0.29) is 5.91 Å². The Kier molecular flexibility index (Phi) is 4.65. The molecule has 2 aromatic heterocycles. The normalized spacial score (nSPS) is 18.3. The highest BCUT2D eigenvalue weighted by Gasteiger charge is 2.25. The monoisotopic (exact) mass is 358 g/mol. The summed E-state index contributed by atoms with van der Waals surface area (Å²) >= 11 is 0. The zero-order chi connectivity index (χ0) is 17.9. The highest BCUT2D eigenvalue weighted by atomic mass is 16.5. The molecule has 2 fully saturated rings. The summed E-state index contributed by atoms with van der Waals surface area (Å²) in [6.45, 7) is 5.75. The summed E-state index contributed by atoms with van der Waals surface area (Å²) < 4.78 is 6.92. The molecular weight excluding hydrogens is 336 g/mol. The molecule has 2 aliphatic heterocycles. The number of hydrogen-bond donors (Lipinski definition) is 0. The fourth-order valence-electron chi connectivity index (χ4n) is 3.18. The van der Waals surface area contributed by atoms with Crippen LogP contribution in [0.25, 0.3) is 0 Å². The van der Waals surface area contributed by atoms with Crippen LogP contribution in [0.4, 0.5) is 11.8 Å². The van der Waals surface area contributed by atoms with Crippen LogP contribution in [0.15, 0.2) is 18.5 Å². The molecular formula is C16H22N8O2. The number of aryl methyl sites for hydroxylation is 1. The third-order valence-corrected chi connectivity index (χ3v) is 4.63. The summed E-state index contributed by atoms with van der Waals surface area (Å²) in [4.78, 5) is 27.7. The van der Waals surface area contributed by atoms with Gasteiger partial charge in [-0.3, -0.25) is 9.48 Å². The Morgan fingerprint density at radius 1 is 1.08 bits per heavy atom. The van der Waals surface area contributed by atoms with Gasteiger partial charge in [0.2, 0.25) is 5.95 Å². The molecule has 4 rings (SSSR count). The molecule has 0 unspecified atom stereocenters. The van der Waals surface area contributed by atoms with Crippen LogP contribution in [0.1, 0.15) is 10.5 Å². The molecule has 0 N–H and O–H groups in total. The lowest BCUT2D eigenvalue weighted by Gasteiger charge is -2.35. The standard InChI is InChI=1S/C16H22N8O2/c1-21-12-13(19-20-21)15(25)23-6-4-22(5-7-23)14-2-3-17-16(18-14)24-8-10-26-11-9-24/h2-3,12H,4-11H2,1H3. The summed E-state index contributed by atoms with van der Waals surface area (Å²) in [6, 6.07) is 1.92. The van der Waals surface area contributed by atoms with E-state index in [9.17, 15) is 4.79 Å². The zero-order valence-electron chi connectivity index (χ0n) is 14.8. The number of aromatic nitrogens is 5. The van der Waals surface area contributed by atoms with E-state index in [4.69, 9.17) is 9.72 Å². The molecule has 0 aliphatic carbocycles. The zero-order valence-corrected chi connectivity index (χ0v) is 14.8. The predicted octanol–water partition coefficient (Wildman–Crippen LogP) is -0.596. The van der Waals surface area contributed by atoms with Gasteiger partial charge in [0, 0.05) is 52.5 Å². The van der Waals surface area contributed by atoms with Crippen molar-refractivity contribution in [3.63, 3.8) is 0 Å². The van der Waals surface area contributed by atoms with Crippen molar-refractivity contribution in [2.24, 2.45) is 7.05 Å². The number of anilines is 2. The molecule has 2 aromatic rings. The van der Waals surface area contributed by atoms with E-state index >= 15 is 0 Å². The van der Waals surface area contributed by atoms with Gasteiger partial charge in [-0.1, -0.05) is 5.21 Å². The lowest BCUT2D eigenvalue weighted by Crippen LogP contribution is -2.49. The minimum atomic E-state index is -0.0746. The Labute approximate surface area is 151 Å². The number of amides is 1. The van der Waals surface area contributed by atoms with Crippen molar-refractivity contribution in [2.45, 2.75) is 0 Å². The molecule has 0 atom stereocenters. The van der Waals surface area contributed by atoms with Gasteiger partial charge in [-0.25, -0.2) is 4.98 Å². The summed E-state index contributed by atoms with van der Waals surface area (Å²) in [7, 11) is 1.75. The van der Waals surface area contributed by atoms with E-state index in [1.807, 2.05) is 11.0 Å². The number of piperazine rings is 1. The number of rotatable bonds is 3. The smallest absolute Gasteiger partial charge is 0.276 e. The molecule has 0 bridgehead atoms. The Hall–Kier alpha value is -2.75. The van der Waals surface area contributed by atoms with Gasteiger partial charge in [0.05, 0.1) is 19.4 Å². The van der Waals surface area contributed by atoms with Crippen LogP contribution in [0.3, 0.4) is 0 Å². The van der Waals surface area contributed by atoms with Crippen LogP contribution in [0.2, 0.25) is 0 Å². The predicted molar refractivity (Wildman–Crippen MR) is 94.2 cm³/mol. The van der Waals surface area contributed by atoms with Crippen molar-refractivity contribution in [3.05, 3.63) is 24.2 Å². The molecule has 138 valence electrons. The van der Waals surface area contributed by atoms with Crippen molar-refractivity contribution in [1.29, 1.82) is 0 Å². The first-order valence-electron chi connectivity index (χ1n) is 8.77. The van der Waals surface area contributed by atoms with Crippen LogP contribution in [0, 0.1) is 0 Å². The number of hydrogen-bond acceptors (Lipinski definition) is 8. The topological polar surface area (TPSA) is 92.5 Å². The fraction of sp³-hybridized carbons (Fsp3) is 0.562. The Morgan fingerprint density at radius 2 is 1.85 bits per heavy atom. The van der Waals surface area contributed by atoms with Crippen molar-refractivity contribution in [3.8, 4) is 0 Å². The lowest BCUT2D eigenvalue weighted by atomic mass is 10.3. The van der Waals surface area contributed by atoms with E-state index in [1.165, 1.54) is 4.68 Å². The van der Waals surface area contributed by atoms with Crippen LogP contribution >= 0.6 is 0 Å². The largest absolute Gasteiger partial charge is 0.378 e. The molecule has 2 aliphatic rings. The molecule has 0 spiro atoms. The third-order valence-electron chi connectivity index (χ3n) is 4.63. The maximum atomic E-state index is 12.5. The Balaban J connectivity index is 1.39. The second-order valence-corrected chi connectivity index (χ2v) is 6.37. The first kappa shape index (κ1) is 16.7. The van der Waals surface area contributed by atoms with E-state index in [2.05, 4.69) is 25.1 Å². The van der Waals surface area contributed by atoms with Gasteiger partial charge in [0.25, 0.3) is 5.91 Å². The van der Waals surface area contributed by atoms with Gasteiger partial charge in [0.15, 0.2) is 5.69 Å². The first-order chi connectivity index (χ1) is 12.7. The van der Waals surface area contributed by atoms with E-state index < -0.39 is 0 Å². The second kappa shape index (κ2) is 7.24. The molecule has 0 saturated carbocycles. The molecule has 1 amide bonds. The quantitative estimate of drug-likeness (QED) is 0.718. The van der Waals surface area contributed by atoms with Crippen molar-refractivity contribution in [2.75, 3.05) is 62.3 Å². The minimum Gasteiger partial charge on any atom is -0.378 e. The van der Waals surface area contributed by atoms with Gasteiger partial charge in [-0.05, 0) is 6.07 Å². The molecule has 10 nitrogen and oxygen atoms in total. The van der Waals surface area contributed by atoms with Gasteiger partial charge < -0.3 is 19.4 Å². The van der Waals surface area contributed by atoms with Gasteiger partial charge in [-0.2, -0.15) is 4.98 Å². The summed E-state index contributed by atoms with van der Waals surface area (Å²) in [5.74, 6) is 1.56. The average Bonchev–Trinajstić information content (AvgIpc) is 3.15. The Morgan fingerprint density at radius 3 is 2.54 bits per heavy atom. The SMILES string of the molecule is Cn1cc(C(=O)N2CCN(c3ccnc(N4CCOCC4)n3)CC2)nn1. The third kappa shape index (κ3) is 3.45. The molecule has 2 saturated heterocycles. The maximum absolute atomic E-state index is 12.5. The van der Waals surface area contributed by atoms with E-state index in [0.717, 1.165) is 37.9 Å². The average molecular weight is 358 g/mol. The summed E-state index contributed by atoms with van der Waals surface area (Å²) in [6.07, 6.45) is 3.44. The van der Waals surface area contributed by atoms with Crippen molar-refractivity contribution < 1.29 is 9.53 Å².